The largest absolute Gasteiger partial charge is 0.378 e. The number of benzene rings is 1. The van der Waals surface area contributed by atoms with Crippen molar-refractivity contribution in [1.29, 1.82) is 0 Å². The molecule has 6 rings (SSSR count). The van der Waals surface area contributed by atoms with E-state index in [1.807, 2.05) is 12.1 Å². The molecule has 4 atom stereocenters. The van der Waals surface area contributed by atoms with E-state index in [0.29, 0.717) is 17.8 Å². The summed E-state index contributed by atoms with van der Waals surface area (Å²) in [5, 5.41) is 11.0. The zero-order valence-electron chi connectivity index (χ0n) is 15.4. The number of amidine groups is 1. The Morgan fingerprint density at radius 2 is 1.93 bits per heavy atom. The average molecular weight is 367 g/mol. The molecule has 4 unspecified atom stereocenters. The number of hydrogen-bond acceptors (Lipinski definition) is 5. The number of non-ortho nitro benzene ring substituents is 1. The van der Waals surface area contributed by atoms with Gasteiger partial charge in [-0.05, 0) is 30.7 Å². The number of allylic oxidation sites excluding steroid dienone is 1. The van der Waals surface area contributed by atoms with Crippen molar-refractivity contribution < 1.29 is 9.66 Å². The van der Waals surface area contributed by atoms with E-state index in [1.165, 1.54) is 24.2 Å². The molecule has 2 fully saturated rings. The number of aliphatic imine (C=N–C) groups is 1. The predicted octanol–water partition coefficient (Wildman–Crippen LogP) is 3.54. The number of hydrogen-bond donors (Lipinski definition) is 0. The van der Waals surface area contributed by atoms with Gasteiger partial charge in [0.25, 0.3) is 5.69 Å². The molecule has 1 aromatic rings. The lowest BCUT2D eigenvalue weighted by atomic mass is 9.55. The molecule has 1 aromatic carbocycles. The lowest BCUT2D eigenvalue weighted by Gasteiger charge is -2.51. The highest BCUT2D eigenvalue weighted by Crippen LogP contribution is 2.58. The molecule has 1 spiro atoms. The third-order valence-electron chi connectivity index (χ3n) is 6.94. The van der Waals surface area contributed by atoms with Gasteiger partial charge in [-0.25, -0.2) is 0 Å². The van der Waals surface area contributed by atoms with Crippen LogP contribution in [0, 0.1) is 22.0 Å². The second-order valence-electron chi connectivity index (χ2n) is 8.18. The number of rotatable bonds is 2. The van der Waals surface area contributed by atoms with Gasteiger partial charge in [0.2, 0.25) is 0 Å². The average Bonchev–Trinajstić information content (AvgIpc) is 3.14. The van der Waals surface area contributed by atoms with Gasteiger partial charge in [-0.2, -0.15) is 0 Å². The third kappa shape index (κ3) is 2.69. The lowest BCUT2D eigenvalue weighted by Crippen LogP contribution is -2.49. The Morgan fingerprint density at radius 1 is 1.15 bits per heavy atom. The predicted molar refractivity (Wildman–Crippen MR) is 103 cm³/mol. The van der Waals surface area contributed by atoms with E-state index in [4.69, 9.17) is 9.73 Å². The van der Waals surface area contributed by atoms with Crippen LogP contribution in [0.15, 0.2) is 41.4 Å². The summed E-state index contributed by atoms with van der Waals surface area (Å²) in [5.41, 5.74) is 1.28. The van der Waals surface area contributed by atoms with E-state index in [0.717, 1.165) is 39.1 Å². The molecule has 142 valence electrons. The standard InChI is InChI=1S/C21H25N3O3/c25-24(26)18-7-3-16(4-8-18)20-15-1-5-17(6-2-15)21(20)10-9-19(22-21)23-11-13-27-14-12-23/h1,3-5,7-8,15,17,20H,2,6,9-14H2. The molecule has 2 bridgehead atoms. The Morgan fingerprint density at radius 3 is 2.59 bits per heavy atom. The van der Waals surface area contributed by atoms with Gasteiger partial charge < -0.3 is 9.64 Å². The zero-order valence-corrected chi connectivity index (χ0v) is 15.4. The number of morpholine rings is 1. The monoisotopic (exact) mass is 367 g/mol. The van der Waals surface area contributed by atoms with Crippen LogP contribution in [0.5, 0.6) is 0 Å². The fraction of sp³-hybridized carbons (Fsp3) is 0.571. The quantitative estimate of drug-likeness (QED) is 0.455. The van der Waals surface area contributed by atoms with Gasteiger partial charge in [-0.15, -0.1) is 0 Å². The number of nitro benzene ring substituents is 1. The summed E-state index contributed by atoms with van der Waals surface area (Å²) in [5.74, 6) is 2.51. The Kier molecular flexibility index (Phi) is 4.04. The molecule has 2 heterocycles. The van der Waals surface area contributed by atoms with Crippen LogP contribution in [0.3, 0.4) is 0 Å². The van der Waals surface area contributed by atoms with Crippen molar-refractivity contribution in [1.82, 2.24) is 4.90 Å². The number of nitrogens with zero attached hydrogens (tertiary/aromatic N) is 3. The topological polar surface area (TPSA) is 68.0 Å². The number of ether oxygens (including phenoxy) is 1. The summed E-state index contributed by atoms with van der Waals surface area (Å²) >= 11 is 0. The van der Waals surface area contributed by atoms with Crippen molar-refractivity contribution in [2.45, 2.75) is 37.1 Å². The maximum Gasteiger partial charge on any atom is 0.269 e. The summed E-state index contributed by atoms with van der Waals surface area (Å²) in [6, 6.07) is 7.22. The van der Waals surface area contributed by atoms with Crippen molar-refractivity contribution >= 4 is 11.5 Å². The van der Waals surface area contributed by atoms with Gasteiger partial charge in [0.1, 0.15) is 0 Å². The highest BCUT2D eigenvalue weighted by atomic mass is 16.6. The summed E-state index contributed by atoms with van der Waals surface area (Å²) in [7, 11) is 0. The molecule has 6 heteroatoms. The van der Waals surface area contributed by atoms with E-state index in [1.54, 1.807) is 12.1 Å². The van der Waals surface area contributed by atoms with Crippen LogP contribution in [-0.4, -0.2) is 47.5 Å². The van der Waals surface area contributed by atoms with E-state index in [2.05, 4.69) is 17.1 Å². The molecular weight excluding hydrogens is 342 g/mol. The van der Waals surface area contributed by atoms with Crippen molar-refractivity contribution in [2.75, 3.05) is 26.3 Å². The highest BCUT2D eigenvalue weighted by Gasteiger charge is 2.55. The minimum absolute atomic E-state index is 0.0819. The van der Waals surface area contributed by atoms with Crippen LogP contribution in [0.2, 0.25) is 0 Å². The summed E-state index contributed by atoms with van der Waals surface area (Å²) < 4.78 is 5.50. The Hall–Kier alpha value is -2.21. The molecule has 0 radical (unpaired) electrons. The van der Waals surface area contributed by atoms with Crippen LogP contribution in [0.4, 0.5) is 5.69 Å². The molecule has 3 aliphatic carbocycles. The SMILES string of the molecule is O=[N+]([O-])c1ccc(C2C3C=CC(CC3)C23CCC(N2CCOCC2)=N3)cc1. The number of nitro groups is 1. The first-order chi connectivity index (χ1) is 13.2. The Bertz CT molecular complexity index is 797. The van der Waals surface area contributed by atoms with Gasteiger partial charge in [-0.1, -0.05) is 24.3 Å². The Labute approximate surface area is 159 Å². The fourth-order valence-electron chi connectivity index (χ4n) is 5.68. The molecular formula is C21H25N3O3. The molecule has 1 saturated carbocycles. The van der Waals surface area contributed by atoms with E-state index >= 15 is 0 Å². The van der Waals surface area contributed by atoms with Crippen molar-refractivity contribution in [2.24, 2.45) is 16.8 Å². The molecule has 5 aliphatic rings. The number of fused-ring (bicyclic) bond motifs is 1. The van der Waals surface area contributed by atoms with Crippen LogP contribution in [0.25, 0.3) is 0 Å². The molecule has 6 nitrogen and oxygen atoms in total. The first kappa shape index (κ1) is 16.9. The van der Waals surface area contributed by atoms with Crippen LogP contribution < -0.4 is 0 Å². The van der Waals surface area contributed by atoms with E-state index in [-0.39, 0.29) is 16.1 Å². The fourth-order valence-corrected chi connectivity index (χ4v) is 5.68. The minimum atomic E-state index is -0.323. The van der Waals surface area contributed by atoms with Crippen molar-refractivity contribution in [3.05, 3.63) is 52.1 Å². The molecule has 0 N–H and O–H groups in total. The molecule has 1 saturated heterocycles. The maximum absolute atomic E-state index is 11.0. The lowest BCUT2D eigenvalue weighted by molar-refractivity contribution is -0.384. The van der Waals surface area contributed by atoms with E-state index in [9.17, 15) is 10.1 Å². The molecule has 27 heavy (non-hydrogen) atoms. The summed E-state index contributed by atoms with van der Waals surface area (Å²) in [6.45, 7) is 3.43. The minimum Gasteiger partial charge on any atom is -0.378 e. The smallest absolute Gasteiger partial charge is 0.269 e. The van der Waals surface area contributed by atoms with Crippen LogP contribution >= 0.6 is 0 Å². The van der Waals surface area contributed by atoms with Gasteiger partial charge in [0, 0.05) is 43.5 Å². The van der Waals surface area contributed by atoms with Crippen LogP contribution in [0.1, 0.15) is 37.2 Å². The summed E-state index contributed by atoms with van der Waals surface area (Å²) in [4.78, 5) is 18.5. The van der Waals surface area contributed by atoms with Crippen molar-refractivity contribution in [3.8, 4) is 0 Å². The first-order valence-corrected chi connectivity index (χ1v) is 10.0. The molecule has 2 aliphatic heterocycles. The second-order valence-corrected chi connectivity index (χ2v) is 8.18. The van der Waals surface area contributed by atoms with Gasteiger partial charge in [0.15, 0.2) is 0 Å². The molecule has 0 amide bonds. The maximum atomic E-state index is 11.0. The molecule has 0 aromatic heterocycles. The summed E-state index contributed by atoms with van der Waals surface area (Å²) in [6.07, 6.45) is 9.25. The normalized spacial score (nSPS) is 34.9. The van der Waals surface area contributed by atoms with Crippen molar-refractivity contribution in [3.63, 3.8) is 0 Å². The zero-order chi connectivity index (χ0) is 18.4. The van der Waals surface area contributed by atoms with E-state index < -0.39 is 0 Å². The van der Waals surface area contributed by atoms with Gasteiger partial charge in [-0.3, -0.25) is 15.1 Å². The highest BCUT2D eigenvalue weighted by molar-refractivity contribution is 5.85. The second kappa shape index (κ2) is 6.44. The van der Waals surface area contributed by atoms with Crippen LogP contribution in [-0.2, 0) is 4.74 Å². The first-order valence-electron chi connectivity index (χ1n) is 10.0. The Balaban J connectivity index is 1.52. The van der Waals surface area contributed by atoms with Gasteiger partial charge in [0.05, 0.1) is 29.5 Å². The van der Waals surface area contributed by atoms with Gasteiger partial charge >= 0.3 is 0 Å². The third-order valence-corrected chi connectivity index (χ3v) is 6.94.